The lowest BCUT2D eigenvalue weighted by atomic mass is 10.2. The molecule has 0 aliphatic rings. The van der Waals surface area contributed by atoms with E-state index in [0.717, 1.165) is 22.5 Å². The van der Waals surface area contributed by atoms with Gasteiger partial charge < -0.3 is 10.1 Å². The predicted octanol–water partition coefficient (Wildman–Crippen LogP) is 3.31. The molecule has 0 saturated carbocycles. The van der Waals surface area contributed by atoms with Crippen LogP contribution in [0.3, 0.4) is 0 Å². The van der Waals surface area contributed by atoms with Crippen LogP contribution in [0.5, 0.6) is 5.75 Å². The summed E-state index contributed by atoms with van der Waals surface area (Å²) in [4.78, 5) is 4.41. The Kier molecular flexibility index (Phi) is 3.66. The second kappa shape index (κ2) is 5.61. The van der Waals surface area contributed by atoms with E-state index in [0.29, 0.717) is 17.5 Å². The standard InChI is InChI=1S/C15H15ClN4O/c1-10-6-7-14-18-15(19-20(14)9-10)17-8-11-12(16)4-3-5-13(11)21-2/h3-7,9H,8H2,1-2H3,(H,17,19). The van der Waals surface area contributed by atoms with Gasteiger partial charge in [-0.25, -0.2) is 4.52 Å². The average Bonchev–Trinajstić information content (AvgIpc) is 2.87. The molecule has 0 amide bonds. The van der Waals surface area contributed by atoms with Crippen LogP contribution in [0.2, 0.25) is 5.02 Å². The number of aryl methyl sites for hydroxylation is 1. The van der Waals surface area contributed by atoms with E-state index in [1.54, 1.807) is 11.6 Å². The van der Waals surface area contributed by atoms with Crippen LogP contribution >= 0.6 is 11.6 Å². The molecule has 0 spiro atoms. The van der Waals surface area contributed by atoms with E-state index in [4.69, 9.17) is 16.3 Å². The van der Waals surface area contributed by atoms with E-state index >= 15 is 0 Å². The Hall–Kier alpha value is -2.27. The maximum Gasteiger partial charge on any atom is 0.243 e. The zero-order valence-corrected chi connectivity index (χ0v) is 12.6. The minimum absolute atomic E-state index is 0.499. The Morgan fingerprint density at radius 3 is 2.95 bits per heavy atom. The zero-order chi connectivity index (χ0) is 14.8. The van der Waals surface area contributed by atoms with Crippen molar-refractivity contribution in [1.82, 2.24) is 14.6 Å². The molecule has 0 bridgehead atoms. The maximum atomic E-state index is 6.21. The molecule has 1 N–H and O–H groups in total. The lowest BCUT2D eigenvalue weighted by Gasteiger charge is -2.10. The summed E-state index contributed by atoms with van der Waals surface area (Å²) in [5.74, 6) is 1.30. The van der Waals surface area contributed by atoms with Gasteiger partial charge in [0.1, 0.15) is 5.75 Å². The van der Waals surface area contributed by atoms with Crippen molar-refractivity contribution in [2.24, 2.45) is 0 Å². The minimum atomic E-state index is 0.499. The summed E-state index contributed by atoms with van der Waals surface area (Å²) in [7, 11) is 1.63. The number of rotatable bonds is 4. The summed E-state index contributed by atoms with van der Waals surface area (Å²) in [6, 6.07) is 9.51. The molecule has 0 radical (unpaired) electrons. The second-order valence-corrected chi connectivity index (χ2v) is 5.13. The number of pyridine rings is 1. The van der Waals surface area contributed by atoms with Crippen LogP contribution in [-0.2, 0) is 6.54 Å². The zero-order valence-electron chi connectivity index (χ0n) is 11.8. The minimum Gasteiger partial charge on any atom is -0.496 e. The van der Waals surface area contributed by atoms with Crippen LogP contribution in [0.25, 0.3) is 5.65 Å². The third kappa shape index (κ3) is 2.78. The molecule has 0 saturated heterocycles. The summed E-state index contributed by atoms with van der Waals surface area (Å²) >= 11 is 6.21. The van der Waals surface area contributed by atoms with Crippen LogP contribution < -0.4 is 10.1 Å². The molecule has 6 heteroatoms. The molecule has 0 atom stereocenters. The molecule has 21 heavy (non-hydrogen) atoms. The number of nitrogens with zero attached hydrogens (tertiary/aromatic N) is 3. The molecule has 2 heterocycles. The molecular formula is C15H15ClN4O. The number of halogens is 1. The molecule has 0 aliphatic heterocycles. The summed E-state index contributed by atoms with van der Waals surface area (Å²) in [5.41, 5.74) is 2.82. The third-order valence-electron chi connectivity index (χ3n) is 3.20. The van der Waals surface area contributed by atoms with Gasteiger partial charge in [-0.2, -0.15) is 4.98 Å². The van der Waals surface area contributed by atoms with E-state index < -0.39 is 0 Å². The number of nitrogens with one attached hydrogen (secondary N) is 1. The van der Waals surface area contributed by atoms with Crippen LogP contribution in [0, 0.1) is 6.92 Å². The van der Waals surface area contributed by atoms with Crippen molar-refractivity contribution in [3.8, 4) is 5.75 Å². The SMILES string of the molecule is COc1cccc(Cl)c1CNc1nc2ccc(C)cn2n1. The Morgan fingerprint density at radius 1 is 1.29 bits per heavy atom. The first-order chi connectivity index (χ1) is 10.2. The number of anilines is 1. The lowest BCUT2D eigenvalue weighted by Crippen LogP contribution is -2.04. The van der Waals surface area contributed by atoms with Crippen molar-refractivity contribution in [3.05, 3.63) is 52.7 Å². The van der Waals surface area contributed by atoms with Gasteiger partial charge in [-0.3, -0.25) is 0 Å². The second-order valence-electron chi connectivity index (χ2n) is 4.72. The van der Waals surface area contributed by atoms with Crippen LogP contribution in [-0.4, -0.2) is 21.7 Å². The Bertz CT molecular complexity index is 784. The molecule has 2 aromatic heterocycles. The van der Waals surface area contributed by atoms with E-state index in [2.05, 4.69) is 15.4 Å². The topological polar surface area (TPSA) is 51.5 Å². The largest absolute Gasteiger partial charge is 0.496 e. The van der Waals surface area contributed by atoms with Crippen molar-refractivity contribution in [1.29, 1.82) is 0 Å². The van der Waals surface area contributed by atoms with Crippen LogP contribution in [0.1, 0.15) is 11.1 Å². The van der Waals surface area contributed by atoms with Crippen LogP contribution in [0.15, 0.2) is 36.5 Å². The molecular weight excluding hydrogens is 288 g/mol. The first-order valence-corrected chi connectivity index (χ1v) is 6.93. The monoisotopic (exact) mass is 302 g/mol. The first-order valence-electron chi connectivity index (χ1n) is 6.55. The number of hydrogen-bond acceptors (Lipinski definition) is 4. The fraction of sp³-hybridized carbons (Fsp3) is 0.200. The normalized spacial score (nSPS) is 10.8. The van der Waals surface area contributed by atoms with Crippen molar-refractivity contribution in [2.75, 3.05) is 12.4 Å². The highest BCUT2D eigenvalue weighted by Crippen LogP contribution is 2.26. The van der Waals surface area contributed by atoms with Gasteiger partial charge in [-0.05, 0) is 30.7 Å². The van der Waals surface area contributed by atoms with Crippen molar-refractivity contribution >= 4 is 23.2 Å². The van der Waals surface area contributed by atoms with E-state index in [1.165, 1.54) is 0 Å². The number of methoxy groups -OCH3 is 1. The lowest BCUT2D eigenvalue weighted by molar-refractivity contribution is 0.410. The smallest absolute Gasteiger partial charge is 0.243 e. The quantitative estimate of drug-likeness (QED) is 0.803. The van der Waals surface area contributed by atoms with Crippen molar-refractivity contribution in [2.45, 2.75) is 13.5 Å². The first kappa shape index (κ1) is 13.7. The predicted molar refractivity (Wildman–Crippen MR) is 83.1 cm³/mol. The molecule has 108 valence electrons. The van der Waals surface area contributed by atoms with Gasteiger partial charge in [0.05, 0.1) is 7.11 Å². The van der Waals surface area contributed by atoms with Gasteiger partial charge in [-0.15, -0.1) is 5.10 Å². The maximum absolute atomic E-state index is 6.21. The van der Waals surface area contributed by atoms with Gasteiger partial charge in [0.2, 0.25) is 5.95 Å². The molecule has 3 rings (SSSR count). The Morgan fingerprint density at radius 2 is 2.14 bits per heavy atom. The fourth-order valence-electron chi connectivity index (χ4n) is 2.13. The summed E-state index contributed by atoms with van der Waals surface area (Å²) in [6.07, 6.45) is 1.93. The average molecular weight is 303 g/mol. The van der Waals surface area contributed by atoms with E-state index in [1.807, 2.05) is 43.5 Å². The third-order valence-corrected chi connectivity index (χ3v) is 3.55. The number of fused-ring (bicyclic) bond motifs is 1. The van der Waals surface area contributed by atoms with Gasteiger partial charge in [0, 0.05) is 23.3 Å². The molecule has 1 aromatic carbocycles. The highest BCUT2D eigenvalue weighted by Gasteiger charge is 2.09. The van der Waals surface area contributed by atoms with Gasteiger partial charge >= 0.3 is 0 Å². The van der Waals surface area contributed by atoms with Gasteiger partial charge in [0.25, 0.3) is 0 Å². The molecule has 0 unspecified atom stereocenters. The summed E-state index contributed by atoms with van der Waals surface area (Å²) < 4.78 is 7.07. The molecule has 0 aliphatic carbocycles. The van der Waals surface area contributed by atoms with Crippen molar-refractivity contribution < 1.29 is 4.74 Å². The van der Waals surface area contributed by atoms with E-state index in [-0.39, 0.29) is 0 Å². The van der Waals surface area contributed by atoms with Gasteiger partial charge in [0.15, 0.2) is 5.65 Å². The number of aromatic nitrogens is 3. The Balaban J connectivity index is 1.83. The van der Waals surface area contributed by atoms with Gasteiger partial charge in [-0.1, -0.05) is 23.7 Å². The number of hydrogen-bond donors (Lipinski definition) is 1. The molecule has 5 nitrogen and oxygen atoms in total. The molecule has 0 fully saturated rings. The van der Waals surface area contributed by atoms with Crippen molar-refractivity contribution in [3.63, 3.8) is 0 Å². The van der Waals surface area contributed by atoms with E-state index in [9.17, 15) is 0 Å². The number of ether oxygens (including phenoxy) is 1. The number of benzene rings is 1. The Labute approximate surface area is 127 Å². The molecule has 3 aromatic rings. The summed E-state index contributed by atoms with van der Waals surface area (Å²) in [5, 5.41) is 8.22. The van der Waals surface area contributed by atoms with Crippen LogP contribution in [0.4, 0.5) is 5.95 Å². The highest BCUT2D eigenvalue weighted by molar-refractivity contribution is 6.31. The summed E-state index contributed by atoms with van der Waals surface area (Å²) in [6.45, 7) is 2.52. The highest BCUT2D eigenvalue weighted by atomic mass is 35.5. The fourth-order valence-corrected chi connectivity index (χ4v) is 2.36.